The Morgan fingerprint density at radius 3 is 2.39 bits per heavy atom. The van der Waals surface area contributed by atoms with Crippen LogP contribution in [0.4, 0.5) is 0 Å². The molecule has 4 bridgehead atoms. The molecule has 5 N–H and O–H groups in total. The summed E-state index contributed by atoms with van der Waals surface area (Å²) in [4.78, 5) is 12.9. The van der Waals surface area contributed by atoms with E-state index in [9.17, 15) is 20.1 Å². The molecule has 0 heterocycles. The molecule has 4 aliphatic rings. The van der Waals surface area contributed by atoms with E-state index in [-0.39, 0.29) is 24.3 Å². The standard InChI is InChI=1S/C30H40N2O4/c1-18(31-16-28(35)23-5-6-27(34)26(15-23)17-33)7-19-3-2-4-20(8-19)14-29(36)32-30-24-10-21-9-22(12-24)13-25(30)11-21/h2-6,8,15,18,21-22,24-25,28,30-31,33-35H,7,9-14,16-17H2,1H3,(H,32,36)/t18-,21?,22?,24?,25?,28+,30?/m1/s1. The summed E-state index contributed by atoms with van der Waals surface area (Å²) in [6, 6.07) is 13.6. The zero-order valence-electron chi connectivity index (χ0n) is 21.2. The quantitative estimate of drug-likeness (QED) is 0.349. The summed E-state index contributed by atoms with van der Waals surface area (Å²) in [5.41, 5.74) is 3.27. The molecule has 0 spiro atoms. The van der Waals surface area contributed by atoms with E-state index in [4.69, 9.17) is 0 Å². The second kappa shape index (κ2) is 10.9. The number of hydrogen-bond donors (Lipinski definition) is 5. The Morgan fingerprint density at radius 2 is 1.69 bits per heavy atom. The highest BCUT2D eigenvalue weighted by Gasteiger charge is 2.48. The fraction of sp³-hybridized carbons (Fsp3) is 0.567. The number of aliphatic hydroxyl groups is 2. The van der Waals surface area contributed by atoms with Crippen molar-refractivity contribution in [3.63, 3.8) is 0 Å². The molecule has 1 amide bonds. The summed E-state index contributed by atoms with van der Waals surface area (Å²) in [5.74, 6) is 3.38. The van der Waals surface area contributed by atoms with Gasteiger partial charge in [0.15, 0.2) is 0 Å². The highest BCUT2D eigenvalue weighted by Crippen LogP contribution is 2.53. The maximum absolute atomic E-state index is 12.9. The van der Waals surface area contributed by atoms with E-state index < -0.39 is 6.10 Å². The molecule has 2 atom stereocenters. The lowest BCUT2D eigenvalue weighted by atomic mass is 9.54. The average Bonchev–Trinajstić information content (AvgIpc) is 2.85. The molecule has 0 radical (unpaired) electrons. The number of hydrogen-bond acceptors (Lipinski definition) is 5. The molecule has 6 rings (SSSR count). The SMILES string of the molecule is C[C@H](Cc1cccc(CC(=O)NC2C3CC4CC(C3)CC2C4)c1)NC[C@H](O)c1ccc(O)c(CO)c1. The van der Waals surface area contributed by atoms with Crippen molar-refractivity contribution in [2.75, 3.05) is 6.54 Å². The number of carbonyl (C=O) groups excluding carboxylic acids is 1. The number of carbonyl (C=O) groups is 1. The zero-order chi connectivity index (χ0) is 25.2. The van der Waals surface area contributed by atoms with Gasteiger partial charge in [0.1, 0.15) is 5.75 Å². The fourth-order valence-corrected chi connectivity index (χ4v) is 7.25. The summed E-state index contributed by atoms with van der Waals surface area (Å²) in [6.07, 6.45) is 7.13. The number of benzene rings is 2. The van der Waals surface area contributed by atoms with Crippen LogP contribution in [-0.2, 0) is 24.2 Å². The van der Waals surface area contributed by atoms with Gasteiger partial charge >= 0.3 is 0 Å². The predicted molar refractivity (Wildman–Crippen MR) is 139 cm³/mol. The van der Waals surface area contributed by atoms with Gasteiger partial charge in [-0.15, -0.1) is 0 Å². The average molecular weight is 493 g/mol. The molecular weight excluding hydrogens is 452 g/mol. The molecule has 2 aromatic carbocycles. The van der Waals surface area contributed by atoms with Gasteiger partial charge in [0.25, 0.3) is 0 Å². The van der Waals surface area contributed by atoms with Crippen LogP contribution < -0.4 is 10.6 Å². The van der Waals surface area contributed by atoms with Crippen molar-refractivity contribution in [1.29, 1.82) is 0 Å². The second-order valence-corrected chi connectivity index (χ2v) is 11.6. The van der Waals surface area contributed by atoms with Crippen LogP contribution in [0.3, 0.4) is 0 Å². The number of aliphatic hydroxyl groups excluding tert-OH is 2. The van der Waals surface area contributed by atoms with Crippen molar-refractivity contribution in [3.8, 4) is 5.75 Å². The third-order valence-corrected chi connectivity index (χ3v) is 8.77. The molecule has 6 nitrogen and oxygen atoms in total. The Morgan fingerprint density at radius 1 is 1.00 bits per heavy atom. The van der Waals surface area contributed by atoms with E-state index in [1.165, 1.54) is 38.2 Å². The minimum absolute atomic E-state index is 0.0291. The third kappa shape index (κ3) is 5.77. The first-order chi connectivity index (χ1) is 17.4. The second-order valence-electron chi connectivity index (χ2n) is 11.6. The van der Waals surface area contributed by atoms with Crippen LogP contribution in [0.5, 0.6) is 5.75 Å². The van der Waals surface area contributed by atoms with Crippen LogP contribution in [-0.4, -0.2) is 39.9 Å². The van der Waals surface area contributed by atoms with Gasteiger partial charge in [0.2, 0.25) is 5.91 Å². The number of amides is 1. The third-order valence-electron chi connectivity index (χ3n) is 8.77. The van der Waals surface area contributed by atoms with E-state index in [1.54, 1.807) is 12.1 Å². The van der Waals surface area contributed by atoms with Crippen molar-refractivity contribution in [2.45, 2.75) is 76.7 Å². The van der Waals surface area contributed by atoms with Gasteiger partial charge in [0, 0.05) is 24.2 Å². The smallest absolute Gasteiger partial charge is 0.224 e. The van der Waals surface area contributed by atoms with E-state index in [0.29, 0.717) is 42.0 Å². The maximum atomic E-state index is 12.9. The van der Waals surface area contributed by atoms with E-state index in [1.807, 2.05) is 12.1 Å². The van der Waals surface area contributed by atoms with E-state index >= 15 is 0 Å². The van der Waals surface area contributed by atoms with E-state index in [0.717, 1.165) is 29.4 Å². The number of phenols is 1. The molecular formula is C30H40N2O4. The molecule has 6 heteroatoms. The lowest BCUT2D eigenvalue weighted by Gasteiger charge is -2.54. The first-order valence-electron chi connectivity index (χ1n) is 13.6. The lowest BCUT2D eigenvalue weighted by molar-refractivity contribution is -0.124. The highest BCUT2D eigenvalue weighted by atomic mass is 16.3. The first-order valence-corrected chi connectivity index (χ1v) is 13.6. The van der Waals surface area contributed by atoms with Crippen LogP contribution in [0.2, 0.25) is 0 Å². The molecule has 36 heavy (non-hydrogen) atoms. The topological polar surface area (TPSA) is 102 Å². The summed E-state index contributed by atoms with van der Waals surface area (Å²) in [7, 11) is 0. The van der Waals surface area contributed by atoms with Crippen molar-refractivity contribution < 1.29 is 20.1 Å². The minimum Gasteiger partial charge on any atom is -0.508 e. The molecule has 0 unspecified atom stereocenters. The van der Waals surface area contributed by atoms with Gasteiger partial charge in [-0.25, -0.2) is 0 Å². The number of rotatable bonds is 10. The van der Waals surface area contributed by atoms with Gasteiger partial charge in [-0.2, -0.15) is 0 Å². The highest BCUT2D eigenvalue weighted by molar-refractivity contribution is 5.79. The largest absolute Gasteiger partial charge is 0.508 e. The fourth-order valence-electron chi connectivity index (χ4n) is 7.25. The van der Waals surface area contributed by atoms with Gasteiger partial charge in [-0.05, 0) is 97.9 Å². The Labute approximate surface area is 214 Å². The Hall–Kier alpha value is -2.41. The van der Waals surface area contributed by atoms with Crippen LogP contribution in [0, 0.1) is 23.7 Å². The monoisotopic (exact) mass is 492 g/mol. The molecule has 4 fully saturated rings. The van der Waals surface area contributed by atoms with Crippen molar-refractivity contribution in [3.05, 3.63) is 64.7 Å². The van der Waals surface area contributed by atoms with Crippen LogP contribution in [0.15, 0.2) is 42.5 Å². The summed E-state index contributed by atoms with van der Waals surface area (Å²) >= 11 is 0. The Bertz CT molecular complexity index is 1040. The van der Waals surface area contributed by atoms with Gasteiger partial charge < -0.3 is 26.0 Å². The van der Waals surface area contributed by atoms with E-state index in [2.05, 4.69) is 29.7 Å². The normalized spacial score (nSPS) is 28.1. The lowest BCUT2D eigenvalue weighted by Crippen LogP contribution is -2.56. The molecule has 0 saturated heterocycles. The number of aromatic hydroxyl groups is 1. The molecule has 0 aliphatic heterocycles. The van der Waals surface area contributed by atoms with Gasteiger partial charge in [-0.1, -0.05) is 30.3 Å². The molecule has 4 aliphatic carbocycles. The molecule has 2 aromatic rings. The Kier molecular flexibility index (Phi) is 7.65. The molecule has 4 saturated carbocycles. The summed E-state index contributed by atoms with van der Waals surface area (Å²) < 4.78 is 0. The first kappa shape index (κ1) is 25.2. The van der Waals surface area contributed by atoms with Crippen molar-refractivity contribution >= 4 is 5.91 Å². The summed E-state index contributed by atoms with van der Waals surface area (Å²) in [5, 5.41) is 36.4. The van der Waals surface area contributed by atoms with Crippen LogP contribution in [0.25, 0.3) is 0 Å². The van der Waals surface area contributed by atoms with Gasteiger partial charge in [-0.3, -0.25) is 4.79 Å². The van der Waals surface area contributed by atoms with Gasteiger partial charge in [0.05, 0.1) is 19.1 Å². The van der Waals surface area contributed by atoms with Crippen LogP contribution in [0.1, 0.15) is 67.4 Å². The summed E-state index contributed by atoms with van der Waals surface area (Å²) in [6.45, 7) is 2.17. The molecule has 0 aromatic heterocycles. The van der Waals surface area contributed by atoms with Crippen molar-refractivity contribution in [1.82, 2.24) is 10.6 Å². The maximum Gasteiger partial charge on any atom is 0.224 e. The number of nitrogens with one attached hydrogen (secondary N) is 2. The Balaban J connectivity index is 1.10. The predicted octanol–water partition coefficient (Wildman–Crippen LogP) is 3.62. The van der Waals surface area contributed by atoms with Crippen LogP contribution >= 0.6 is 0 Å². The molecule has 194 valence electrons. The zero-order valence-corrected chi connectivity index (χ0v) is 21.2. The minimum atomic E-state index is -0.737. The van der Waals surface area contributed by atoms with Crippen molar-refractivity contribution in [2.24, 2.45) is 23.7 Å².